The van der Waals surface area contributed by atoms with Crippen LogP contribution >= 0.6 is 0 Å². The minimum atomic E-state index is -0.297. The summed E-state index contributed by atoms with van der Waals surface area (Å²) in [5.41, 5.74) is 4.07. The Morgan fingerprint density at radius 3 is 2.00 bits per heavy atom. The van der Waals surface area contributed by atoms with Gasteiger partial charge in [0.15, 0.2) is 0 Å². The average molecular weight is 471 g/mol. The van der Waals surface area contributed by atoms with Crippen molar-refractivity contribution in [3.63, 3.8) is 0 Å². The first-order valence-electron chi connectivity index (χ1n) is 11.8. The number of aromatic nitrogens is 1. The predicted molar refractivity (Wildman–Crippen MR) is 136 cm³/mol. The summed E-state index contributed by atoms with van der Waals surface area (Å²) >= 11 is 0. The molecule has 2 aromatic carbocycles. The van der Waals surface area contributed by atoms with E-state index in [1.54, 1.807) is 40.4 Å². The van der Waals surface area contributed by atoms with Crippen LogP contribution in [0.5, 0.6) is 0 Å². The maximum atomic E-state index is 13.4. The van der Waals surface area contributed by atoms with Crippen LogP contribution in [0, 0.1) is 6.92 Å². The fourth-order valence-corrected chi connectivity index (χ4v) is 4.18. The number of hydrogen-bond donors (Lipinski definition) is 1. The second kappa shape index (κ2) is 10.5. The summed E-state index contributed by atoms with van der Waals surface area (Å²) in [6, 6.07) is 16.4. The number of anilines is 1. The van der Waals surface area contributed by atoms with Crippen LogP contribution in [0.25, 0.3) is 0 Å². The number of aryl methyl sites for hydroxylation is 1. The average Bonchev–Trinajstić information content (AvgIpc) is 2.89. The Kier molecular flexibility index (Phi) is 7.25. The lowest BCUT2D eigenvalue weighted by Crippen LogP contribution is -2.50. The molecule has 1 N–H and O–H groups in total. The van der Waals surface area contributed by atoms with Crippen molar-refractivity contribution in [3.8, 4) is 0 Å². The molecule has 0 unspecified atom stereocenters. The molecule has 7 heteroatoms. The van der Waals surface area contributed by atoms with Gasteiger partial charge in [-0.2, -0.15) is 0 Å². The number of benzene rings is 2. The van der Waals surface area contributed by atoms with E-state index < -0.39 is 0 Å². The van der Waals surface area contributed by atoms with Gasteiger partial charge in [-0.05, 0) is 54.3 Å². The third-order valence-electron chi connectivity index (χ3n) is 6.36. The van der Waals surface area contributed by atoms with Gasteiger partial charge in [-0.25, -0.2) is 0 Å². The highest BCUT2D eigenvalue weighted by Gasteiger charge is 2.27. The molecule has 0 bridgehead atoms. The molecule has 0 spiro atoms. The van der Waals surface area contributed by atoms with Gasteiger partial charge in [0.05, 0.1) is 11.3 Å². The van der Waals surface area contributed by atoms with Crippen molar-refractivity contribution < 1.29 is 14.4 Å². The fraction of sp³-hybridized carbons (Fsp3) is 0.286. The summed E-state index contributed by atoms with van der Waals surface area (Å²) < 4.78 is 0. The zero-order valence-corrected chi connectivity index (χ0v) is 20.3. The normalized spacial score (nSPS) is 13.6. The maximum absolute atomic E-state index is 13.4. The van der Waals surface area contributed by atoms with E-state index in [0.717, 1.165) is 5.56 Å². The molecule has 1 saturated heterocycles. The molecular weight excluding hydrogens is 440 g/mol. The van der Waals surface area contributed by atoms with Gasteiger partial charge < -0.3 is 15.1 Å². The molecule has 1 aliphatic rings. The Morgan fingerprint density at radius 2 is 1.40 bits per heavy atom. The van der Waals surface area contributed by atoms with Crippen LogP contribution in [0.15, 0.2) is 67.0 Å². The molecule has 35 heavy (non-hydrogen) atoms. The number of pyridine rings is 1. The largest absolute Gasteiger partial charge is 0.335 e. The van der Waals surface area contributed by atoms with Crippen LogP contribution in [0.1, 0.15) is 62.0 Å². The number of piperazine rings is 1. The van der Waals surface area contributed by atoms with Crippen molar-refractivity contribution >= 4 is 23.4 Å². The van der Waals surface area contributed by atoms with Gasteiger partial charge >= 0.3 is 0 Å². The monoisotopic (exact) mass is 470 g/mol. The van der Waals surface area contributed by atoms with E-state index in [4.69, 9.17) is 0 Å². The van der Waals surface area contributed by atoms with Crippen molar-refractivity contribution in [1.82, 2.24) is 14.8 Å². The second-order valence-corrected chi connectivity index (χ2v) is 9.05. The van der Waals surface area contributed by atoms with Crippen LogP contribution in [-0.4, -0.2) is 58.7 Å². The zero-order chi connectivity index (χ0) is 24.9. The maximum Gasteiger partial charge on any atom is 0.256 e. The smallest absolute Gasteiger partial charge is 0.256 e. The topological polar surface area (TPSA) is 82.6 Å². The lowest BCUT2D eigenvalue weighted by molar-refractivity contribution is 0.0536. The molecule has 7 nitrogen and oxygen atoms in total. The zero-order valence-electron chi connectivity index (χ0n) is 20.3. The van der Waals surface area contributed by atoms with Gasteiger partial charge in [-0.1, -0.05) is 38.1 Å². The van der Waals surface area contributed by atoms with E-state index in [9.17, 15) is 14.4 Å². The van der Waals surface area contributed by atoms with E-state index in [1.165, 1.54) is 5.56 Å². The summed E-state index contributed by atoms with van der Waals surface area (Å²) in [5.74, 6) is -0.0651. The number of rotatable bonds is 5. The Balaban J connectivity index is 1.43. The first-order valence-corrected chi connectivity index (χ1v) is 11.8. The highest BCUT2D eigenvalue weighted by atomic mass is 16.2. The number of carbonyl (C=O) groups excluding carboxylic acids is 3. The summed E-state index contributed by atoms with van der Waals surface area (Å²) in [4.78, 5) is 46.5. The molecule has 180 valence electrons. The Bertz CT molecular complexity index is 1210. The number of carbonyl (C=O) groups is 3. The van der Waals surface area contributed by atoms with Crippen molar-refractivity contribution in [2.75, 3.05) is 31.5 Å². The molecule has 0 aliphatic carbocycles. The lowest BCUT2D eigenvalue weighted by atomic mass is 10.0. The first-order chi connectivity index (χ1) is 16.8. The second-order valence-electron chi connectivity index (χ2n) is 9.05. The number of para-hydroxylation sites is 1. The van der Waals surface area contributed by atoms with Crippen LogP contribution in [0.3, 0.4) is 0 Å². The molecule has 0 radical (unpaired) electrons. The highest BCUT2D eigenvalue weighted by molar-refractivity contribution is 6.09. The van der Waals surface area contributed by atoms with Gasteiger partial charge in [0, 0.05) is 49.7 Å². The molecule has 0 saturated carbocycles. The molecule has 3 aromatic rings. The van der Waals surface area contributed by atoms with E-state index in [1.807, 2.05) is 43.3 Å². The highest BCUT2D eigenvalue weighted by Crippen LogP contribution is 2.24. The third-order valence-corrected chi connectivity index (χ3v) is 6.36. The van der Waals surface area contributed by atoms with Gasteiger partial charge in [-0.3, -0.25) is 19.4 Å². The summed E-state index contributed by atoms with van der Waals surface area (Å²) in [6.45, 7) is 7.89. The number of nitrogens with zero attached hydrogens (tertiary/aromatic N) is 3. The molecule has 2 heterocycles. The minimum absolute atomic E-state index is 0.0201. The first kappa shape index (κ1) is 24.1. The number of hydrogen-bond acceptors (Lipinski definition) is 4. The fourth-order valence-electron chi connectivity index (χ4n) is 4.18. The SMILES string of the molecule is Cc1cccc(C(=O)N2CCN(C(=O)c3ccc(C(C)C)cc3)CC2)c1NC(=O)c1ccncc1. The molecule has 1 aliphatic heterocycles. The summed E-state index contributed by atoms with van der Waals surface area (Å²) in [6.07, 6.45) is 3.11. The van der Waals surface area contributed by atoms with Crippen molar-refractivity contribution in [2.24, 2.45) is 0 Å². The van der Waals surface area contributed by atoms with Crippen molar-refractivity contribution in [3.05, 3.63) is 94.8 Å². The van der Waals surface area contributed by atoms with E-state index in [2.05, 4.69) is 24.1 Å². The Hall–Kier alpha value is -4.00. The van der Waals surface area contributed by atoms with Gasteiger partial charge in [0.1, 0.15) is 0 Å². The van der Waals surface area contributed by atoms with E-state index in [0.29, 0.717) is 54.5 Å². The summed E-state index contributed by atoms with van der Waals surface area (Å²) in [7, 11) is 0. The lowest BCUT2D eigenvalue weighted by Gasteiger charge is -2.35. The molecular formula is C28H30N4O3. The standard InChI is InChI=1S/C28H30N4O3/c1-19(2)21-7-9-23(10-8-21)27(34)31-15-17-32(18-16-31)28(35)24-6-4-5-20(3)25(24)30-26(33)22-11-13-29-14-12-22/h4-14,19H,15-18H2,1-3H3,(H,30,33). The Morgan fingerprint density at radius 1 is 0.800 bits per heavy atom. The van der Waals surface area contributed by atoms with Crippen molar-refractivity contribution in [1.29, 1.82) is 0 Å². The molecule has 4 rings (SSSR count). The van der Waals surface area contributed by atoms with Crippen LogP contribution < -0.4 is 5.32 Å². The molecule has 1 aromatic heterocycles. The number of amides is 3. The Labute approximate surface area is 205 Å². The van der Waals surface area contributed by atoms with Crippen molar-refractivity contribution in [2.45, 2.75) is 26.7 Å². The predicted octanol–water partition coefficient (Wildman–Crippen LogP) is 4.36. The molecule has 3 amide bonds. The quantitative estimate of drug-likeness (QED) is 0.601. The third kappa shape index (κ3) is 5.40. The summed E-state index contributed by atoms with van der Waals surface area (Å²) in [5, 5.41) is 2.90. The van der Waals surface area contributed by atoms with Crippen LogP contribution in [0.4, 0.5) is 5.69 Å². The van der Waals surface area contributed by atoms with Crippen LogP contribution in [-0.2, 0) is 0 Å². The van der Waals surface area contributed by atoms with E-state index >= 15 is 0 Å². The van der Waals surface area contributed by atoms with Gasteiger partial charge in [0.2, 0.25) is 0 Å². The van der Waals surface area contributed by atoms with Crippen LogP contribution in [0.2, 0.25) is 0 Å². The number of nitrogens with one attached hydrogen (secondary N) is 1. The molecule has 1 fully saturated rings. The molecule has 0 atom stereocenters. The van der Waals surface area contributed by atoms with E-state index in [-0.39, 0.29) is 17.7 Å². The van der Waals surface area contributed by atoms with Gasteiger partial charge in [-0.15, -0.1) is 0 Å². The minimum Gasteiger partial charge on any atom is -0.335 e. The van der Waals surface area contributed by atoms with Gasteiger partial charge in [0.25, 0.3) is 17.7 Å².